The minimum absolute atomic E-state index is 0.177. The van der Waals surface area contributed by atoms with Crippen LogP contribution in [0.15, 0.2) is 46.9 Å². The third-order valence-electron chi connectivity index (χ3n) is 2.89. The van der Waals surface area contributed by atoms with E-state index in [2.05, 4.69) is 15.9 Å². The molecule has 20 heavy (non-hydrogen) atoms. The summed E-state index contributed by atoms with van der Waals surface area (Å²) in [4.78, 5) is 13.8. The van der Waals surface area contributed by atoms with Gasteiger partial charge in [0.05, 0.1) is 10.0 Å². The zero-order valence-corrected chi connectivity index (χ0v) is 13.1. The predicted molar refractivity (Wildman–Crippen MR) is 81.3 cm³/mol. The first-order valence-corrected chi connectivity index (χ1v) is 7.10. The fraction of sp³-hybridized carbons (Fsp3) is 0.133. The summed E-state index contributed by atoms with van der Waals surface area (Å²) in [6, 6.07) is 11.7. The molecule has 0 unspecified atom stereocenters. The number of benzene rings is 2. The van der Waals surface area contributed by atoms with Gasteiger partial charge in [-0.2, -0.15) is 0 Å². The van der Waals surface area contributed by atoms with Crippen LogP contribution < -0.4 is 0 Å². The summed E-state index contributed by atoms with van der Waals surface area (Å²) >= 11 is 9.17. The van der Waals surface area contributed by atoms with E-state index in [-0.39, 0.29) is 10.4 Å². The molecular weight excluding hydrogens is 345 g/mol. The molecule has 0 bridgehead atoms. The molecule has 0 aliphatic carbocycles. The molecule has 0 atom stereocenters. The van der Waals surface area contributed by atoms with Gasteiger partial charge >= 0.3 is 0 Å². The van der Waals surface area contributed by atoms with Crippen molar-refractivity contribution in [3.05, 3.63) is 68.9 Å². The number of rotatable bonds is 3. The van der Waals surface area contributed by atoms with Crippen molar-refractivity contribution in [1.29, 1.82) is 0 Å². The van der Waals surface area contributed by atoms with Crippen LogP contribution in [0, 0.1) is 5.82 Å². The molecule has 0 N–H and O–H groups in total. The molecule has 104 valence electrons. The van der Waals surface area contributed by atoms with Gasteiger partial charge in [-0.25, -0.2) is 4.39 Å². The van der Waals surface area contributed by atoms with E-state index in [1.807, 2.05) is 18.2 Å². The lowest BCUT2D eigenvalue weighted by Crippen LogP contribution is -2.26. The summed E-state index contributed by atoms with van der Waals surface area (Å²) in [5.74, 6) is -0.724. The molecule has 0 saturated carbocycles. The quantitative estimate of drug-likeness (QED) is 0.792. The van der Waals surface area contributed by atoms with Crippen molar-refractivity contribution in [1.82, 2.24) is 4.90 Å². The van der Waals surface area contributed by atoms with Crippen molar-refractivity contribution < 1.29 is 9.18 Å². The summed E-state index contributed by atoms with van der Waals surface area (Å²) in [6.45, 7) is 0.363. The molecular formula is C15H12BrClFNO. The molecule has 1 amide bonds. The van der Waals surface area contributed by atoms with Gasteiger partial charge in [0, 0.05) is 18.6 Å². The molecule has 2 rings (SSSR count). The topological polar surface area (TPSA) is 20.3 Å². The third kappa shape index (κ3) is 3.19. The normalized spacial score (nSPS) is 10.4. The molecule has 0 heterocycles. The highest BCUT2D eigenvalue weighted by Gasteiger charge is 2.17. The summed E-state index contributed by atoms with van der Waals surface area (Å²) in [7, 11) is 1.66. The van der Waals surface area contributed by atoms with Gasteiger partial charge in [0.2, 0.25) is 0 Å². The zero-order valence-electron chi connectivity index (χ0n) is 10.7. The second kappa shape index (κ2) is 6.37. The molecule has 0 aromatic heterocycles. The first-order chi connectivity index (χ1) is 9.50. The van der Waals surface area contributed by atoms with Gasteiger partial charge in [-0.1, -0.05) is 35.9 Å². The Hall–Kier alpha value is -1.39. The van der Waals surface area contributed by atoms with Crippen molar-refractivity contribution in [2.45, 2.75) is 6.54 Å². The van der Waals surface area contributed by atoms with Gasteiger partial charge in [0.1, 0.15) is 5.82 Å². The average Bonchev–Trinajstić information content (AvgIpc) is 2.43. The molecule has 0 aliphatic rings. The molecule has 2 aromatic rings. The standard InChI is InChI=1S/C15H12BrClFNO/c1-19(9-10-5-2-3-7-12(10)17)15(20)11-6-4-8-13(18)14(11)16/h2-8H,9H2,1H3. The van der Waals surface area contributed by atoms with Crippen LogP contribution in [-0.2, 0) is 6.54 Å². The Morgan fingerprint density at radius 2 is 1.95 bits per heavy atom. The highest BCUT2D eigenvalue weighted by atomic mass is 79.9. The summed E-state index contributed by atoms with van der Waals surface area (Å²) in [6.07, 6.45) is 0. The van der Waals surface area contributed by atoms with E-state index in [1.165, 1.54) is 17.0 Å². The molecule has 0 aliphatic heterocycles. The van der Waals surface area contributed by atoms with Gasteiger partial charge in [-0.05, 0) is 39.7 Å². The number of halogens is 3. The molecule has 5 heteroatoms. The van der Waals surface area contributed by atoms with Gasteiger partial charge in [0.25, 0.3) is 5.91 Å². The number of nitrogens with zero attached hydrogens (tertiary/aromatic N) is 1. The minimum atomic E-state index is -0.456. The van der Waals surface area contributed by atoms with Gasteiger partial charge in [-0.15, -0.1) is 0 Å². The van der Waals surface area contributed by atoms with E-state index >= 15 is 0 Å². The first kappa shape index (κ1) is 15.0. The van der Waals surface area contributed by atoms with Crippen LogP contribution >= 0.6 is 27.5 Å². The molecule has 0 radical (unpaired) electrons. The van der Waals surface area contributed by atoms with E-state index < -0.39 is 5.82 Å². The Labute approximate surface area is 130 Å². The van der Waals surface area contributed by atoms with Crippen LogP contribution in [0.3, 0.4) is 0 Å². The third-order valence-corrected chi connectivity index (χ3v) is 4.07. The van der Waals surface area contributed by atoms with Crippen LogP contribution in [0.25, 0.3) is 0 Å². The lowest BCUT2D eigenvalue weighted by molar-refractivity contribution is 0.0783. The lowest BCUT2D eigenvalue weighted by atomic mass is 10.1. The van der Waals surface area contributed by atoms with Crippen LogP contribution in [-0.4, -0.2) is 17.9 Å². The molecule has 0 spiro atoms. The Balaban J connectivity index is 2.21. The fourth-order valence-corrected chi connectivity index (χ4v) is 2.46. The Bertz CT molecular complexity index is 648. The SMILES string of the molecule is CN(Cc1ccccc1Cl)C(=O)c1cccc(F)c1Br. The van der Waals surface area contributed by atoms with Crippen molar-refractivity contribution in [2.75, 3.05) is 7.05 Å². The highest BCUT2D eigenvalue weighted by Crippen LogP contribution is 2.23. The van der Waals surface area contributed by atoms with Crippen molar-refractivity contribution >= 4 is 33.4 Å². The fourth-order valence-electron chi connectivity index (χ4n) is 1.83. The van der Waals surface area contributed by atoms with E-state index in [0.717, 1.165) is 5.56 Å². The van der Waals surface area contributed by atoms with Crippen LogP contribution in [0.4, 0.5) is 4.39 Å². The van der Waals surface area contributed by atoms with E-state index in [4.69, 9.17) is 11.6 Å². The number of hydrogen-bond donors (Lipinski definition) is 0. The average molecular weight is 357 g/mol. The maximum Gasteiger partial charge on any atom is 0.255 e. The van der Waals surface area contributed by atoms with Crippen LogP contribution in [0.2, 0.25) is 5.02 Å². The van der Waals surface area contributed by atoms with Crippen LogP contribution in [0.1, 0.15) is 15.9 Å². The van der Waals surface area contributed by atoms with E-state index in [9.17, 15) is 9.18 Å². The van der Waals surface area contributed by atoms with Crippen molar-refractivity contribution in [3.8, 4) is 0 Å². The molecule has 0 saturated heterocycles. The Morgan fingerprint density at radius 1 is 1.25 bits per heavy atom. The highest BCUT2D eigenvalue weighted by molar-refractivity contribution is 9.10. The van der Waals surface area contributed by atoms with Crippen molar-refractivity contribution in [2.24, 2.45) is 0 Å². The van der Waals surface area contributed by atoms with E-state index in [0.29, 0.717) is 17.1 Å². The summed E-state index contributed by atoms with van der Waals surface area (Å²) < 4.78 is 13.6. The predicted octanol–water partition coefficient (Wildman–Crippen LogP) is 4.51. The molecule has 2 aromatic carbocycles. The first-order valence-electron chi connectivity index (χ1n) is 5.93. The number of carbonyl (C=O) groups excluding carboxylic acids is 1. The monoisotopic (exact) mass is 355 g/mol. The second-order valence-corrected chi connectivity index (χ2v) is 5.55. The minimum Gasteiger partial charge on any atom is -0.337 e. The maximum atomic E-state index is 13.5. The Kier molecular flexibility index (Phi) is 4.78. The zero-order chi connectivity index (χ0) is 14.7. The summed E-state index contributed by atoms with van der Waals surface area (Å²) in [5, 5.41) is 0.602. The second-order valence-electron chi connectivity index (χ2n) is 4.35. The molecule has 2 nitrogen and oxygen atoms in total. The van der Waals surface area contributed by atoms with Gasteiger partial charge in [-0.3, -0.25) is 4.79 Å². The lowest BCUT2D eigenvalue weighted by Gasteiger charge is -2.19. The summed E-state index contributed by atoms with van der Waals surface area (Å²) in [5.41, 5.74) is 1.14. The number of carbonyl (C=O) groups is 1. The van der Waals surface area contributed by atoms with Gasteiger partial charge < -0.3 is 4.90 Å². The number of amides is 1. The smallest absolute Gasteiger partial charge is 0.255 e. The molecule has 0 fully saturated rings. The maximum absolute atomic E-state index is 13.5. The largest absolute Gasteiger partial charge is 0.337 e. The Morgan fingerprint density at radius 3 is 2.65 bits per heavy atom. The number of hydrogen-bond acceptors (Lipinski definition) is 1. The van der Waals surface area contributed by atoms with Gasteiger partial charge in [0.15, 0.2) is 0 Å². The van der Waals surface area contributed by atoms with Crippen molar-refractivity contribution in [3.63, 3.8) is 0 Å². The van der Waals surface area contributed by atoms with E-state index in [1.54, 1.807) is 19.2 Å². The van der Waals surface area contributed by atoms with Crippen LogP contribution in [0.5, 0.6) is 0 Å².